The van der Waals surface area contributed by atoms with Crippen LogP contribution in [-0.4, -0.2) is 36.0 Å². The minimum Gasteiger partial charge on any atom is -0.281 e. The summed E-state index contributed by atoms with van der Waals surface area (Å²) in [6.45, 7) is 4.76. The Hall–Kier alpha value is -0.880. The Morgan fingerprint density at radius 3 is 2.11 bits per heavy atom. The third-order valence-corrected chi connectivity index (χ3v) is 5.64. The van der Waals surface area contributed by atoms with Gasteiger partial charge in [0.25, 0.3) is 0 Å². The summed E-state index contributed by atoms with van der Waals surface area (Å²) in [5.41, 5.74) is 1.20. The fourth-order valence-electron chi connectivity index (χ4n) is 2.51. The average Bonchev–Trinajstić information content (AvgIpc) is 2.57. The van der Waals surface area contributed by atoms with E-state index >= 15 is 0 Å². The first-order chi connectivity index (χ1) is 8.53. The maximum absolute atomic E-state index is 12.6. The van der Waals surface area contributed by atoms with E-state index in [-0.39, 0.29) is 0 Å². The zero-order chi connectivity index (χ0) is 13.2. The first-order valence-electron chi connectivity index (χ1n) is 6.55. The van der Waals surface area contributed by atoms with E-state index in [1.54, 1.807) is 18.2 Å². The van der Waals surface area contributed by atoms with Crippen LogP contribution in [0.5, 0.6) is 0 Å². The van der Waals surface area contributed by atoms with E-state index in [2.05, 4.69) is 10.2 Å². The Kier molecular flexibility index (Phi) is 4.07. The minimum absolute atomic E-state index is 0.364. The van der Waals surface area contributed by atoms with Gasteiger partial charge in [0, 0.05) is 13.1 Å². The van der Waals surface area contributed by atoms with Crippen molar-refractivity contribution in [1.29, 1.82) is 0 Å². The second kappa shape index (κ2) is 5.40. The Morgan fingerprint density at radius 2 is 1.61 bits per heavy atom. The molecule has 1 saturated heterocycles. The average molecular weight is 271 g/mol. The molecular weight excluding hydrogens is 250 g/mol. The van der Waals surface area contributed by atoms with Gasteiger partial charge in [0.1, 0.15) is 4.90 Å². The van der Waals surface area contributed by atoms with Crippen LogP contribution in [0.1, 0.15) is 43.5 Å². The highest BCUT2D eigenvalue weighted by Crippen LogP contribution is 2.23. The van der Waals surface area contributed by atoms with Crippen molar-refractivity contribution in [1.82, 2.24) is 14.5 Å². The summed E-state index contributed by atoms with van der Waals surface area (Å²) < 4.78 is 26.9. The van der Waals surface area contributed by atoms with Crippen LogP contribution < -0.4 is 0 Å². The van der Waals surface area contributed by atoms with Gasteiger partial charge < -0.3 is 0 Å². The van der Waals surface area contributed by atoms with Gasteiger partial charge in [-0.25, -0.2) is 8.42 Å². The molecule has 2 heterocycles. The number of aromatic nitrogens is 2. The summed E-state index contributed by atoms with van der Waals surface area (Å²) in [7, 11) is -3.38. The molecule has 1 aromatic heterocycles. The second-order valence-electron chi connectivity index (χ2n) is 4.93. The van der Waals surface area contributed by atoms with Crippen LogP contribution in [-0.2, 0) is 10.0 Å². The van der Waals surface area contributed by atoms with Crippen molar-refractivity contribution in [3.63, 3.8) is 0 Å². The largest absolute Gasteiger partial charge is 0.281 e. The molecule has 2 rings (SSSR count). The molecule has 0 bridgehead atoms. The maximum Gasteiger partial charge on any atom is 0.246 e. The number of sulfonamides is 1. The summed E-state index contributed by atoms with van der Waals surface area (Å²) in [5.74, 6) is 0. The van der Waals surface area contributed by atoms with E-state index in [1.165, 1.54) is 6.42 Å². The summed E-state index contributed by atoms with van der Waals surface area (Å²) in [4.78, 5) is 0.364. The topological polar surface area (TPSA) is 66.1 Å². The van der Waals surface area contributed by atoms with Crippen molar-refractivity contribution in [2.45, 2.75) is 50.8 Å². The number of aryl methyl sites for hydroxylation is 2. The van der Waals surface area contributed by atoms with E-state index in [9.17, 15) is 8.42 Å². The zero-order valence-electron chi connectivity index (χ0n) is 11.1. The van der Waals surface area contributed by atoms with E-state index in [1.807, 2.05) is 0 Å². The number of hydrogen-bond acceptors (Lipinski definition) is 3. The van der Waals surface area contributed by atoms with Crippen molar-refractivity contribution in [3.05, 3.63) is 11.4 Å². The van der Waals surface area contributed by atoms with Crippen LogP contribution in [0.15, 0.2) is 4.90 Å². The van der Waals surface area contributed by atoms with Crippen LogP contribution in [0.4, 0.5) is 0 Å². The van der Waals surface area contributed by atoms with Crippen molar-refractivity contribution in [3.8, 4) is 0 Å². The molecule has 1 aliphatic heterocycles. The fraction of sp³-hybridized carbons (Fsp3) is 0.750. The molecule has 1 aromatic rings. The lowest BCUT2D eigenvalue weighted by atomic mass is 10.1. The van der Waals surface area contributed by atoms with Crippen LogP contribution in [0.25, 0.3) is 0 Å². The predicted molar refractivity (Wildman–Crippen MR) is 69.9 cm³/mol. The fourth-order valence-corrected chi connectivity index (χ4v) is 4.36. The maximum atomic E-state index is 12.6. The quantitative estimate of drug-likeness (QED) is 0.894. The molecular formula is C12H21N3O2S. The van der Waals surface area contributed by atoms with Gasteiger partial charge in [0.15, 0.2) is 0 Å². The summed E-state index contributed by atoms with van der Waals surface area (Å²) in [5, 5.41) is 6.74. The normalized spacial score (nSPS) is 19.4. The van der Waals surface area contributed by atoms with E-state index in [0.717, 1.165) is 25.7 Å². The van der Waals surface area contributed by atoms with Gasteiger partial charge >= 0.3 is 0 Å². The monoisotopic (exact) mass is 271 g/mol. The van der Waals surface area contributed by atoms with Gasteiger partial charge in [-0.05, 0) is 26.7 Å². The van der Waals surface area contributed by atoms with Crippen molar-refractivity contribution in [2.24, 2.45) is 0 Å². The van der Waals surface area contributed by atoms with E-state index in [4.69, 9.17) is 0 Å². The second-order valence-corrected chi connectivity index (χ2v) is 6.81. The third kappa shape index (κ3) is 2.59. The minimum atomic E-state index is -3.38. The van der Waals surface area contributed by atoms with E-state index < -0.39 is 10.0 Å². The number of H-pyrrole nitrogens is 1. The first-order valence-corrected chi connectivity index (χ1v) is 7.99. The van der Waals surface area contributed by atoms with Gasteiger partial charge in [0.2, 0.25) is 10.0 Å². The molecule has 0 atom stereocenters. The van der Waals surface area contributed by atoms with Crippen molar-refractivity contribution >= 4 is 10.0 Å². The Morgan fingerprint density at radius 1 is 1.06 bits per heavy atom. The molecule has 1 aliphatic rings. The first kappa shape index (κ1) is 13.5. The Balaban J connectivity index is 2.29. The number of rotatable bonds is 2. The highest BCUT2D eigenvalue weighted by Gasteiger charge is 2.29. The molecule has 0 aliphatic carbocycles. The van der Waals surface area contributed by atoms with Gasteiger partial charge in [-0.15, -0.1) is 0 Å². The molecule has 0 saturated carbocycles. The summed E-state index contributed by atoms with van der Waals surface area (Å²) >= 11 is 0. The number of aromatic amines is 1. The molecule has 0 radical (unpaired) electrons. The smallest absolute Gasteiger partial charge is 0.246 e. The molecule has 0 unspecified atom stereocenters. The molecule has 102 valence electrons. The van der Waals surface area contributed by atoms with Crippen LogP contribution >= 0.6 is 0 Å². The lowest BCUT2D eigenvalue weighted by Crippen LogP contribution is -2.34. The Labute approximate surface area is 109 Å². The van der Waals surface area contributed by atoms with Gasteiger partial charge in [0.05, 0.1) is 11.4 Å². The SMILES string of the molecule is Cc1n[nH]c(C)c1S(=O)(=O)N1CCCCCCC1. The summed E-state index contributed by atoms with van der Waals surface area (Å²) in [6, 6.07) is 0. The molecule has 18 heavy (non-hydrogen) atoms. The standard InChI is InChI=1S/C12H21N3O2S/c1-10-12(11(2)14-13-10)18(16,17)15-8-6-4-3-5-7-9-15/h3-9H2,1-2H3,(H,13,14). The van der Waals surface area contributed by atoms with Gasteiger partial charge in [-0.2, -0.15) is 9.40 Å². The molecule has 0 amide bonds. The summed E-state index contributed by atoms with van der Waals surface area (Å²) in [6.07, 6.45) is 5.37. The lowest BCUT2D eigenvalue weighted by Gasteiger charge is -2.24. The lowest BCUT2D eigenvalue weighted by molar-refractivity contribution is 0.364. The molecule has 1 fully saturated rings. The number of hydrogen-bond donors (Lipinski definition) is 1. The molecule has 0 spiro atoms. The highest BCUT2D eigenvalue weighted by atomic mass is 32.2. The van der Waals surface area contributed by atoms with Crippen LogP contribution in [0.2, 0.25) is 0 Å². The van der Waals surface area contributed by atoms with Crippen LogP contribution in [0, 0.1) is 13.8 Å². The highest BCUT2D eigenvalue weighted by molar-refractivity contribution is 7.89. The van der Waals surface area contributed by atoms with Gasteiger partial charge in [-0.1, -0.05) is 19.3 Å². The zero-order valence-corrected chi connectivity index (χ0v) is 11.9. The third-order valence-electron chi connectivity index (χ3n) is 3.47. The number of nitrogens with one attached hydrogen (secondary N) is 1. The van der Waals surface area contributed by atoms with Crippen LogP contribution in [0.3, 0.4) is 0 Å². The van der Waals surface area contributed by atoms with E-state index in [0.29, 0.717) is 29.4 Å². The molecule has 1 N–H and O–H groups in total. The van der Waals surface area contributed by atoms with Crippen molar-refractivity contribution in [2.75, 3.05) is 13.1 Å². The molecule has 5 nitrogen and oxygen atoms in total. The Bertz CT molecular complexity index is 480. The molecule has 0 aromatic carbocycles. The number of nitrogens with zero attached hydrogens (tertiary/aromatic N) is 2. The predicted octanol–water partition coefficient (Wildman–Crippen LogP) is 1.98. The van der Waals surface area contributed by atoms with Gasteiger partial charge in [-0.3, -0.25) is 5.10 Å². The van der Waals surface area contributed by atoms with Crippen molar-refractivity contribution < 1.29 is 8.42 Å². The molecule has 6 heteroatoms.